The minimum Gasteiger partial charge on any atom is -0.370 e. The number of aliphatic hydroxyl groups excluding tert-OH is 1. The normalized spacial score (nSPS) is 19.4. The molecule has 8 nitrogen and oxygen atoms in total. The summed E-state index contributed by atoms with van der Waals surface area (Å²) >= 11 is 0. The lowest BCUT2D eigenvalue weighted by Gasteiger charge is -2.33. The van der Waals surface area contributed by atoms with E-state index in [-0.39, 0.29) is 0 Å². The Labute approximate surface area is 195 Å². The number of hydrogen-bond donors (Lipinski definition) is 4. The van der Waals surface area contributed by atoms with Crippen LogP contribution in [-0.2, 0) is 6.42 Å². The molecule has 0 radical (unpaired) electrons. The summed E-state index contributed by atoms with van der Waals surface area (Å²) in [4.78, 5) is 7.24. The SMILES string of the molecule is C=CC(O)Nc1cccc(Nc2cc(NC3CCC(N(C)C)CC3)nc3c(CC)cnn23)c1. The third-order valence-electron chi connectivity index (χ3n) is 6.38. The summed E-state index contributed by atoms with van der Waals surface area (Å²) in [7, 11) is 4.33. The van der Waals surface area contributed by atoms with Crippen LogP contribution in [0.25, 0.3) is 5.65 Å². The van der Waals surface area contributed by atoms with Gasteiger partial charge in [0.15, 0.2) is 5.65 Å². The Kier molecular flexibility index (Phi) is 7.15. The highest BCUT2D eigenvalue weighted by Gasteiger charge is 2.23. The van der Waals surface area contributed by atoms with Crippen LogP contribution in [0.5, 0.6) is 0 Å². The van der Waals surface area contributed by atoms with E-state index in [0.717, 1.165) is 53.5 Å². The van der Waals surface area contributed by atoms with Crippen molar-refractivity contribution in [2.45, 2.75) is 57.3 Å². The van der Waals surface area contributed by atoms with E-state index in [1.807, 2.05) is 41.0 Å². The smallest absolute Gasteiger partial charge is 0.162 e. The van der Waals surface area contributed by atoms with E-state index in [0.29, 0.717) is 12.1 Å². The number of aromatic nitrogens is 3. The first-order valence-corrected chi connectivity index (χ1v) is 11.7. The molecule has 1 saturated carbocycles. The first-order chi connectivity index (χ1) is 16.0. The standard InChI is InChI=1S/C25H35N7O/c1-5-17-16-26-32-23(28-19-8-7-9-20(14-19)29-24(33)6-2)15-22(30-25(17)32)27-18-10-12-21(13-11-18)31(3)4/h6-9,14-16,18,21,24,28-29,33H,2,5,10-13H2,1,3-4H3,(H,27,30). The third kappa shape index (κ3) is 5.46. The van der Waals surface area contributed by atoms with Gasteiger partial charge in [-0.2, -0.15) is 9.61 Å². The zero-order valence-corrected chi connectivity index (χ0v) is 19.8. The molecule has 1 aliphatic carbocycles. The van der Waals surface area contributed by atoms with Gasteiger partial charge in [-0.15, -0.1) is 0 Å². The molecule has 0 bridgehead atoms. The number of hydrogen-bond acceptors (Lipinski definition) is 7. The summed E-state index contributed by atoms with van der Waals surface area (Å²) in [6, 6.07) is 10.9. The van der Waals surface area contributed by atoms with E-state index in [4.69, 9.17) is 4.98 Å². The minimum absolute atomic E-state index is 0.421. The minimum atomic E-state index is -0.801. The number of nitrogens with zero attached hydrogens (tertiary/aromatic N) is 4. The molecule has 1 aliphatic rings. The van der Waals surface area contributed by atoms with Crippen molar-refractivity contribution >= 4 is 28.7 Å². The molecule has 1 atom stereocenters. The highest BCUT2D eigenvalue weighted by molar-refractivity contribution is 5.68. The molecule has 0 spiro atoms. The highest BCUT2D eigenvalue weighted by atomic mass is 16.3. The molecule has 1 fully saturated rings. The second-order valence-corrected chi connectivity index (χ2v) is 8.93. The maximum atomic E-state index is 9.82. The molecule has 1 aromatic carbocycles. The summed E-state index contributed by atoms with van der Waals surface area (Å²) < 4.78 is 1.85. The van der Waals surface area contributed by atoms with Crippen molar-refractivity contribution in [1.82, 2.24) is 19.5 Å². The van der Waals surface area contributed by atoms with Crippen LogP contribution < -0.4 is 16.0 Å². The Hall–Kier alpha value is -3.10. The van der Waals surface area contributed by atoms with Crippen molar-refractivity contribution < 1.29 is 5.11 Å². The molecule has 0 amide bonds. The number of fused-ring (bicyclic) bond motifs is 1. The summed E-state index contributed by atoms with van der Waals surface area (Å²) in [5, 5.41) is 24.5. The fraction of sp³-hybridized carbons (Fsp3) is 0.440. The fourth-order valence-corrected chi connectivity index (χ4v) is 4.43. The molecule has 4 rings (SSSR count). The first kappa shape index (κ1) is 23.1. The average molecular weight is 450 g/mol. The van der Waals surface area contributed by atoms with Gasteiger partial charge in [-0.25, -0.2) is 4.98 Å². The number of anilines is 4. The van der Waals surface area contributed by atoms with Gasteiger partial charge in [0.2, 0.25) is 0 Å². The van der Waals surface area contributed by atoms with Crippen LogP contribution in [0.15, 0.2) is 49.2 Å². The molecule has 2 aromatic heterocycles. The van der Waals surface area contributed by atoms with Gasteiger partial charge < -0.3 is 26.0 Å². The lowest BCUT2D eigenvalue weighted by atomic mass is 9.90. The highest BCUT2D eigenvalue weighted by Crippen LogP contribution is 2.28. The molecule has 0 aliphatic heterocycles. The summed E-state index contributed by atoms with van der Waals surface area (Å²) in [5.74, 6) is 1.70. The zero-order valence-electron chi connectivity index (χ0n) is 19.8. The van der Waals surface area contributed by atoms with Crippen molar-refractivity contribution in [2.75, 3.05) is 30.0 Å². The zero-order chi connectivity index (χ0) is 23.4. The van der Waals surface area contributed by atoms with E-state index in [2.05, 4.69) is 53.5 Å². The van der Waals surface area contributed by atoms with E-state index in [9.17, 15) is 5.11 Å². The van der Waals surface area contributed by atoms with Crippen LogP contribution in [0.4, 0.5) is 23.0 Å². The van der Waals surface area contributed by atoms with Gasteiger partial charge in [0.05, 0.1) is 6.20 Å². The number of aryl methyl sites for hydroxylation is 1. The summed E-state index contributed by atoms with van der Waals surface area (Å²) in [5.41, 5.74) is 3.66. The molecule has 8 heteroatoms. The number of rotatable bonds is 9. The first-order valence-electron chi connectivity index (χ1n) is 11.7. The third-order valence-corrected chi connectivity index (χ3v) is 6.38. The maximum Gasteiger partial charge on any atom is 0.162 e. The van der Waals surface area contributed by atoms with Gasteiger partial charge in [-0.3, -0.25) is 0 Å². The maximum absolute atomic E-state index is 9.82. The molecule has 4 N–H and O–H groups in total. The van der Waals surface area contributed by atoms with Crippen LogP contribution in [0.1, 0.15) is 38.2 Å². The van der Waals surface area contributed by atoms with Crippen molar-refractivity contribution in [1.29, 1.82) is 0 Å². The Morgan fingerprint density at radius 3 is 2.67 bits per heavy atom. The Morgan fingerprint density at radius 2 is 1.97 bits per heavy atom. The molecule has 2 heterocycles. The van der Waals surface area contributed by atoms with Crippen molar-refractivity contribution in [3.8, 4) is 0 Å². The van der Waals surface area contributed by atoms with Crippen molar-refractivity contribution in [2.24, 2.45) is 0 Å². The molecule has 33 heavy (non-hydrogen) atoms. The van der Waals surface area contributed by atoms with Gasteiger partial charge in [0, 0.05) is 35.1 Å². The van der Waals surface area contributed by atoms with Crippen molar-refractivity contribution in [3.63, 3.8) is 0 Å². The predicted molar refractivity (Wildman–Crippen MR) is 135 cm³/mol. The van der Waals surface area contributed by atoms with Gasteiger partial charge in [0.25, 0.3) is 0 Å². The lowest BCUT2D eigenvalue weighted by Crippen LogP contribution is -2.36. The largest absolute Gasteiger partial charge is 0.370 e. The predicted octanol–water partition coefficient (Wildman–Crippen LogP) is 4.24. The Bertz CT molecular complexity index is 1090. The van der Waals surface area contributed by atoms with Gasteiger partial charge >= 0.3 is 0 Å². The van der Waals surface area contributed by atoms with Gasteiger partial charge in [-0.05, 0) is 70.5 Å². The number of nitrogens with one attached hydrogen (secondary N) is 3. The van der Waals surface area contributed by atoms with Crippen LogP contribution in [0, 0.1) is 0 Å². The topological polar surface area (TPSA) is 89.8 Å². The van der Waals surface area contributed by atoms with Crippen molar-refractivity contribution in [3.05, 3.63) is 54.7 Å². The Balaban J connectivity index is 1.58. The molecular weight excluding hydrogens is 414 g/mol. The Morgan fingerprint density at radius 1 is 1.21 bits per heavy atom. The summed E-state index contributed by atoms with van der Waals surface area (Å²) in [6.07, 6.45) is 8.07. The van der Waals surface area contributed by atoms with E-state index in [1.165, 1.54) is 18.9 Å². The van der Waals surface area contributed by atoms with Crippen LogP contribution in [0.3, 0.4) is 0 Å². The number of aliphatic hydroxyl groups is 1. The van der Waals surface area contributed by atoms with Crippen LogP contribution in [0.2, 0.25) is 0 Å². The van der Waals surface area contributed by atoms with Crippen LogP contribution >= 0.6 is 0 Å². The fourth-order valence-electron chi connectivity index (χ4n) is 4.43. The second kappa shape index (κ2) is 10.2. The molecule has 3 aromatic rings. The van der Waals surface area contributed by atoms with Crippen LogP contribution in [-0.4, -0.2) is 57.0 Å². The van der Waals surface area contributed by atoms with E-state index in [1.54, 1.807) is 0 Å². The monoisotopic (exact) mass is 449 g/mol. The number of benzene rings is 1. The molecule has 0 saturated heterocycles. The van der Waals surface area contributed by atoms with Gasteiger partial charge in [-0.1, -0.05) is 19.6 Å². The molecular formula is C25H35N7O. The lowest BCUT2D eigenvalue weighted by molar-refractivity contribution is 0.221. The van der Waals surface area contributed by atoms with Gasteiger partial charge in [0.1, 0.15) is 17.9 Å². The average Bonchev–Trinajstić information content (AvgIpc) is 3.23. The quantitative estimate of drug-likeness (QED) is 0.287. The molecule has 176 valence electrons. The molecule has 1 unspecified atom stereocenters. The van der Waals surface area contributed by atoms with E-state index < -0.39 is 6.23 Å². The van der Waals surface area contributed by atoms with E-state index >= 15 is 0 Å². The summed E-state index contributed by atoms with van der Waals surface area (Å²) in [6.45, 7) is 5.73. The second-order valence-electron chi connectivity index (χ2n) is 8.93.